The van der Waals surface area contributed by atoms with Crippen LogP contribution in [0.15, 0.2) is 42.5 Å². The van der Waals surface area contributed by atoms with E-state index in [1.165, 1.54) is 4.90 Å². The molecule has 0 radical (unpaired) electrons. The molecular formula is C23H26N4O5. The van der Waals surface area contributed by atoms with Crippen LogP contribution >= 0.6 is 0 Å². The number of nitrogens with one attached hydrogen (secondary N) is 3. The van der Waals surface area contributed by atoms with E-state index in [-0.39, 0.29) is 37.6 Å². The molecule has 9 nitrogen and oxygen atoms in total. The van der Waals surface area contributed by atoms with Crippen molar-refractivity contribution in [3.05, 3.63) is 48.0 Å². The van der Waals surface area contributed by atoms with Crippen molar-refractivity contribution < 1.29 is 23.9 Å². The highest BCUT2D eigenvalue weighted by molar-refractivity contribution is 6.10. The Morgan fingerprint density at radius 2 is 1.94 bits per heavy atom. The Kier molecular flexibility index (Phi) is 6.16. The SMILES string of the molecule is CCC(C)[C@@H](NC(=O)N1CC(=O)Nc2ccccc21)C(=O)NCc1ccc2c(c1)OCO2. The second-order valence-electron chi connectivity index (χ2n) is 7.87. The number of hydrogen-bond acceptors (Lipinski definition) is 5. The fourth-order valence-electron chi connectivity index (χ4n) is 3.68. The summed E-state index contributed by atoms with van der Waals surface area (Å²) in [6.45, 7) is 4.22. The minimum atomic E-state index is -0.751. The first-order valence-corrected chi connectivity index (χ1v) is 10.6. The molecule has 4 amide bonds. The highest BCUT2D eigenvalue weighted by Crippen LogP contribution is 2.32. The van der Waals surface area contributed by atoms with Crippen LogP contribution in [0.2, 0.25) is 0 Å². The third-order valence-electron chi connectivity index (χ3n) is 5.69. The van der Waals surface area contributed by atoms with Crippen molar-refractivity contribution in [1.82, 2.24) is 10.6 Å². The first-order chi connectivity index (χ1) is 15.5. The molecule has 0 bridgehead atoms. The van der Waals surface area contributed by atoms with E-state index in [0.29, 0.717) is 29.3 Å². The quantitative estimate of drug-likeness (QED) is 0.642. The minimum Gasteiger partial charge on any atom is -0.454 e. The molecule has 32 heavy (non-hydrogen) atoms. The second kappa shape index (κ2) is 9.17. The number of nitrogens with zero attached hydrogens (tertiary/aromatic N) is 1. The van der Waals surface area contributed by atoms with Crippen LogP contribution in [0, 0.1) is 5.92 Å². The molecule has 2 aromatic carbocycles. The van der Waals surface area contributed by atoms with Gasteiger partial charge in [-0.1, -0.05) is 38.5 Å². The Labute approximate surface area is 186 Å². The number of fused-ring (bicyclic) bond motifs is 2. The topological polar surface area (TPSA) is 109 Å². The summed E-state index contributed by atoms with van der Waals surface area (Å²) in [5, 5.41) is 8.47. The number of carbonyl (C=O) groups excluding carboxylic acids is 3. The van der Waals surface area contributed by atoms with Gasteiger partial charge in [-0.2, -0.15) is 0 Å². The van der Waals surface area contributed by atoms with Crippen molar-refractivity contribution in [3.63, 3.8) is 0 Å². The van der Waals surface area contributed by atoms with Gasteiger partial charge in [0.25, 0.3) is 0 Å². The number of benzene rings is 2. The average Bonchev–Trinajstić information content (AvgIpc) is 3.27. The maximum atomic E-state index is 13.1. The van der Waals surface area contributed by atoms with Crippen molar-refractivity contribution in [1.29, 1.82) is 0 Å². The number of para-hydroxylation sites is 2. The van der Waals surface area contributed by atoms with Gasteiger partial charge in [-0.3, -0.25) is 14.5 Å². The normalized spacial score (nSPS) is 15.9. The Balaban J connectivity index is 1.44. The van der Waals surface area contributed by atoms with Crippen molar-refractivity contribution in [2.45, 2.75) is 32.9 Å². The Morgan fingerprint density at radius 3 is 2.75 bits per heavy atom. The van der Waals surface area contributed by atoms with Gasteiger partial charge in [-0.25, -0.2) is 4.79 Å². The van der Waals surface area contributed by atoms with E-state index < -0.39 is 12.1 Å². The summed E-state index contributed by atoms with van der Waals surface area (Å²) in [6.07, 6.45) is 0.694. The lowest BCUT2D eigenvalue weighted by molar-refractivity contribution is -0.124. The molecule has 9 heteroatoms. The van der Waals surface area contributed by atoms with Crippen molar-refractivity contribution in [2.24, 2.45) is 5.92 Å². The molecule has 0 spiro atoms. The molecule has 2 aliphatic rings. The number of carbonyl (C=O) groups is 3. The Hall–Kier alpha value is -3.75. The number of urea groups is 1. The number of hydrogen-bond donors (Lipinski definition) is 3. The minimum absolute atomic E-state index is 0.107. The van der Waals surface area contributed by atoms with Crippen LogP contribution in [0.1, 0.15) is 25.8 Å². The molecule has 2 atom stereocenters. The standard InChI is InChI=1S/C23H26N4O5/c1-3-14(2)21(22(29)24-11-15-8-9-18-19(10-15)32-13-31-18)26-23(30)27-12-20(28)25-16-6-4-5-7-17(16)27/h4-10,14,21H,3,11-13H2,1-2H3,(H,24,29)(H,25,28)(H,26,30)/t14?,21-/m1/s1. The first kappa shape index (κ1) is 21.5. The van der Waals surface area contributed by atoms with Crippen molar-refractivity contribution >= 4 is 29.2 Å². The van der Waals surface area contributed by atoms with Gasteiger partial charge in [0.2, 0.25) is 18.6 Å². The Morgan fingerprint density at radius 1 is 1.16 bits per heavy atom. The molecule has 2 aliphatic heterocycles. The van der Waals surface area contributed by atoms with Gasteiger partial charge in [0, 0.05) is 6.54 Å². The molecule has 2 aromatic rings. The highest BCUT2D eigenvalue weighted by Gasteiger charge is 2.31. The van der Waals surface area contributed by atoms with Crippen molar-refractivity contribution in [3.8, 4) is 11.5 Å². The lowest BCUT2D eigenvalue weighted by Gasteiger charge is -2.32. The van der Waals surface area contributed by atoms with E-state index in [9.17, 15) is 14.4 Å². The van der Waals surface area contributed by atoms with Gasteiger partial charge in [-0.15, -0.1) is 0 Å². The van der Waals surface area contributed by atoms with Crippen molar-refractivity contribution in [2.75, 3.05) is 23.6 Å². The maximum absolute atomic E-state index is 13.1. The van der Waals surface area contributed by atoms with Crippen LogP contribution < -0.4 is 30.3 Å². The maximum Gasteiger partial charge on any atom is 0.323 e. The van der Waals surface area contributed by atoms with Crippen LogP contribution in [-0.2, 0) is 16.1 Å². The van der Waals surface area contributed by atoms with E-state index in [0.717, 1.165) is 5.56 Å². The van der Waals surface area contributed by atoms with Crippen LogP contribution in [0.5, 0.6) is 11.5 Å². The molecule has 1 unspecified atom stereocenters. The van der Waals surface area contributed by atoms with Gasteiger partial charge in [0.1, 0.15) is 12.6 Å². The number of amides is 4. The fourth-order valence-corrected chi connectivity index (χ4v) is 3.68. The van der Waals surface area contributed by atoms with E-state index >= 15 is 0 Å². The summed E-state index contributed by atoms with van der Waals surface area (Å²) < 4.78 is 10.7. The second-order valence-corrected chi connectivity index (χ2v) is 7.87. The van der Waals surface area contributed by atoms with Gasteiger partial charge in [-0.05, 0) is 35.7 Å². The lowest BCUT2D eigenvalue weighted by atomic mass is 9.98. The summed E-state index contributed by atoms with van der Waals surface area (Å²) in [5.74, 6) is 0.636. The highest BCUT2D eigenvalue weighted by atomic mass is 16.7. The van der Waals surface area contributed by atoms with Crippen LogP contribution in [0.3, 0.4) is 0 Å². The van der Waals surface area contributed by atoms with E-state index in [1.54, 1.807) is 30.3 Å². The number of ether oxygens (including phenoxy) is 2. The molecule has 0 aromatic heterocycles. The molecule has 3 N–H and O–H groups in total. The number of rotatable bonds is 6. The lowest BCUT2D eigenvalue weighted by Crippen LogP contribution is -2.55. The summed E-state index contributed by atoms with van der Waals surface area (Å²) in [6, 6.07) is 11.3. The largest absolute Gasteiger partial charge is 0.454 e. The molecule has 0 fully saturated rings. The predicted octanol–water partition coefficient (Wildman–Crippen LogP) is 2.61. The predicted molar refractivity (Wildman–Crippen MR) is 119 cm³/mol. The van der Waals surface area contributed by atoms with Gasteiger partial charge in [0.15, 0.2) is 11.5 Å². The van der Waals surface area contributed by atoms with Gasteiger partial charge in [0.05, 0.1) is 11.4 Å². The summed E-state index contributed by atoms with van der Waals surface area (Å²) >= 11 is 0. The molecule has 0 aliphatic carbocycles. The van der Waals surface area contributed by atoms with Gasteiger partial charge >= 0.3 is 6.03 Å². The average molecular weight is 438 g/mol. The molecule has 4 rings (SSSR count). The zero-order chi connectivity index (χ0) is 22.7. The van der Waals surface area contributed by atoms with Crippen LogP contribution in [0.4, 0.5) is 16.2 Å². The van der Waals surface area contributed by atoms with E-state index in [4.69, 9.17) is 9.47 Å². The molecule has 168 valence electrons. The van der Waals surface area contributed by atoms with E-state index in [1.807, 2.05) is 26.0 Å². The zero-order valence-corrected chi connectivity index (χ0v) is 18.0. The molecule has 0 saturated carbocycles. The summed E-state index contributed by atoms with van der Waals surface area (Å²) in [5.41, 5.74) is 2.01. The monoisotopic (exact) mass is 438 g/mol. The third-order valence-corrected chi connectivity index (χ3v) is 5.69. The molecule has 2 heterocycles. The van der Waals surface area contributed by atoms with Crippen LogP contribution in [-0.4, -0.2) is 37.2 Å². The molecular weight excluding hydrogens is 412 g/mol. The van der Waals surface area contributed by atoms with E-state index in [2.05, 4.69) is 16.0 Å². The Bertz CT molecular complexity index is 1040. The zero-order valence-electron chi connectivity index (χ0n) is 18.0. The third kappa shape index (κ3) is 4.46. The first-order valence-electron chi connectivity index (χ1n) is 10.6. The van der Waals surface area contributed by atoms with Crippen LogP contribution in [0.25, 0.3) is 0 Å². The molecule has 0 saturated heterocycles. The number of anilines is 2. The smallest absolute Gasteiger partial charge is 0.323 e. The fraction of sp³-hybridized carbons (Fsp3) is 0.348. The summed E-state index contributed by atoms with van der Waals surface area (Å²) in [4.78, 5) is 39.5. The summed E-state index contributed by atoms with van der Waals surface area (Å²) in [7, 11) is 0. The van der Waals surface area contributed by atoms with Gasteiger partial charge < -0.3 is 25.4 Å².